The molecule has 1 atom stereocenters. The van der Waals surface area contributed by atoms with Crippen LogP contribution in [0.4, 0.5) is 0 Å². The standard InChI is InChI=1S/C19H18N2O3/c1-23-17-7-6-15-8-16(12-24-18(15)9-17)19(22)21-11-14-4-2-13(10-20)3-5-14/h2-7,9,16H,8,11-12H2,1H3,(H,21,22)/t16-/m0/s1. The molecule has 0 aromatic heterocycles. The lowest BCUT2D eigenvalue weighted by Crippen LogP contribution is -2.37. The topological polar surface area (TPSA) is 71.3 Å². The van der Waals surface area contributed by atoms with Crippen LogP contribution in [0.2, 0.25) is 0 Å². The maximum atomic E-state index is 12.4. The van der Waals surface area contributed by atoms with Gasteiger partial charge in [-0.15, -0.1) is 0 Å². The lowest BCUT2D eigenvalue weighted by molar-refractivity contribution is -0.126. The van der Waals surface area contributed by atoms with E-state index in [0.29, 0.717) is 25.1 Å². The molecule has 24 heavy (non-hydrogen) atoms. The summed E-state index contributed by atoms with van der Waals surface area (Å²) in [4.78, 5) is 12.4. The second kappa shape index (κ2) is 7.05. The molecule has 2 aromatic carbocycles. The van der Waals surface area contributed by atoms with Gasteiger partial charge in [-0.2, -0.15) is 5.26 Å². The van der Waals surface area contributed by atoms with Gasteiger partial charge in [-0.25, -0.2) is 0 Å². The van der Waals surface area contributed by atoms with Crippen molar-refractivity contribution in [2.24, 2.45) is 5.92 Å². The minimum atomic E-state index is -0.204. The van der Waals surface area contributed by atoms with Crippen molar-refractivity contribution < 1.29 is 14.3 Å². The van der Waals surface area contributed by atoms with E-state index >= 15 is 0 Å². The molecule has 0 radical (unpaired) electrons. The molecule has 0 saturated carbocycles. The van der Waals surface area contributed by atoms with Gasteiger partial charge in [0.05, 0.1) is 24.7 Å². The van der Waals surface area contributed by atoms with Gasteiger partial charge in [0.1, 0.15) is 18.1 Å². The molecule has 1 amide bonds. The van der Waals surface area contributed by atoms with Crippen LogP contribution in [0.5, 0.6) is 11.5 Å². The van der Waals surface area contributed by atoms with Crippen molar-refractivity contribution in [1.29, 1.82) is 5.26 Å². The SMILES string of the molecule is COc1ccc2c(c1)OC[C@@H](C(=O)NCc1ccc(C#N)cc1)C2. The fraction of sp³-hybridized carbons (Fsp3) is 0.263. The molecule has 0 bridgehead atoms. The third-order valence-electron chi connectivity index (χ3n) is 4.10. The highest BCUT2D eigenvalue weighted by Crippen LogP contribution is 2.31. The van der Waals surface area contributed by atoms with Crippen molar-refractivity contribution >= 4 is 5.91 Å². The minimum Gasteiger partial charge on any atom is -0.497 e. The maximum Gasteiger partial charge on any atom is 0.227 e. The average Bonchev–Trinajstić information content (AvgIpc) is 2.65. The first-order valence-electron chi connectivity index (χ1n) is 7.76. The van der Waals surface area contributed by atoms with Crippen molar-refractivity contribution in [3.8, 4) is 17.6 Å². The number of hydrogen-bond acceptors (Lipinski definition) is 4. The highest BCUT2D eigenvalue weighted by atomic mass is 16.5. The van der Waals surface area contributed by atoms with E-state index in [9.17, 15) is 4.79 Å². The van der Waals surface area contributed by atoms with Crippen LogP contribution in [0.1, 0.15) is 16.7 Å². The van der Waals surface area contributed by atoms with E-state index < -0.39 is 0 Å². The number of nitriles is 1. The molecule has 0 aliphatic carbocycles. The number of carbonyl (C=O) groups excluding carboxylic acids is 1. The largest absolute Gasteiger partial charge is 0.497 e. The number of benzene rings is 2. The van der Waals surface area contributed by atoms with Gasteiger partial charge in [-0.1, -0.05) is 18.2 Å². The van der Waals surface area contributed by atoms with Crippen LogP contribution in [0.3, 0.4) is 0 Å². The van der Waals surface area contributed by atoms with Crippen LogP contribution in [0.15, 0.2) is 42.5 Å². The zero-order chi connectivity index (χ0) is 16.9. The second-order valence-electron chi connectivity index (χ2n) is 5.71. The Morgan fingerprint density at radius 2 is 2.12 bits per heavy atom. The van der Waals surface area contributed by atoms with Gasteiger partial charge in [0.25, 0.3) is 0 Å². The first-order chi connectivity index (χ1) is 11.7. The fourth-order valence-corrected chi connectivity index (χ4v) is 2.68. The summed E-state index contributed by atoms with van der Waals surface area (Å²) in [6.45, 7) is 0.801. The summed E-state index contributed by atoms with van der Waals surface area (Å²) in [7, 11) is 1.62. The number of rotatable bonds is 4. The lowest BCUT2D eigenvalue weighted by atomic mass is 9.96. The molecule has 122 valence electrons. The van der Waals surface area contributed by atoms with Crippen LogP contribution >= 0.6 is 0 Å². The summed E-state index contributed by atoms with van der Waals surface area (Å²) in [5.41, 5.74) is 2.59. The quantitative estimate of drug-likeness (QED) is 0.938. The molecule has 5 nitrogen and oxygen atoms in total. The molecule has 1 aliphatic rings. The van der Waals surface area contributed by atoms with Crippen molar-refractivity contribution in [3.63, 3.8) is 0 Å². The number of carbonyl (C=O) groups is 1. The number of ether oxygens (including phenoxy) is 2. The molecule has 1 heterocycles. The summed E-state index contributed by atoms with van der Waals surface area (Å²) < 4.78 is 10.9. The normalized spacial score (nSPS) is 15.6. The number of fused-ring (bicyclic) bond motifs is 1. The zero-order valence-corrected chi connectivity index (χ0v) is 13.4. The molecule has 2 aromatic rings. The predicted octanol–water partition coefficient (Wildman–Crippen LogP) is 2.43. The van der Waals surface area contributed by atoms with Crippen molar-refractivity contribution in [2.75, 3.05) is 13.7 Å². The number of amides is 1. The summed E-state index contributed by atoms with van der Waals surface area (Å²) in [6.07, 6.45) is 0.651. The van der Waals surface area contributed by atoms with E-state index in [4.69, 9.17) is 14.7 Å². The predicted molar refractivity (Wildman–Crippen MR) is 88.7 cm³/mol. The van der Waals surface area contributed by atoms with Crippen LogP contribution in [0, 0.1) is 17.2 Å². The molecule has 1 N–H and O–H groups in total. The average molecular weight is 322 g/mol. The Bertz CT molecular complexity index is 778. The second-order valence-corrected chi connectivity index (χ2v) is 5.71. The van der Waals surface area contributed by atoms with E-state index in [0.717, 1.165) is 22.6 Å². The van der Waals surface area contributed by atoms with Crippen LogP contribution < -0.4 is 14.8 Å². The Labute approximate surface area is 140 Å². The Kier molecular flexibility index (Phi) is 4.66. The van der Waals surface area contributed by atoms with Crippen LogP contribution in [-0.4, -0.2) is 19.6 Å². The Morgan fingerprint density at radius 1 is 1.33 bits per heavy atom. The molecular weight excluding hydrogens is 304 g/mol. The van der Waals surface area contributed by atoms with E-state index in [1.165, 1.54) is 0 Å². The van der Waals surface area contributed by atoms with Gasteiger partial charge in [-0.3, -0.25) is 4.79 Å². The summed E-state index contributed by atoms with van der Waals surface area (Å²) in [6, 6.07) is 14.9. The van der Waals surface area contributed by atoms with Crippen molar-refractivity contribution in [3.05, 3.63) is 59.2 Å². The van der Waals surface area contributed by atoms with E-state index in [-0.39, 0.29) is 11.8 Å². The number of nitrogens with zero attached hydrogens (tertiary/aromatic N) is 1. The fourth-order valence-electron chi connectivity index (χ4n) is 2.68. The summed E-state index contributed by atoms with van der Waals surface area (Å²) in [5, 5.41) is 11.7. The monoisotopic (exact) mass is 322 g/mol. The van der Waals surface area contributed by atoms with Gasteiger partial charge < -0.3 is 14.8 Å². The summed E-state index contributed by atoms with van der Waals surface area (Å²) >= 11 is 0. The molecular formula is C19H18N2O3. The molecule has 1 aliphatic heterocycles. The first-order valence-corrected chi connectivity index (χ1v) is 7.76. The van der Waals surface area contributed by atoms with Gasteiger partial charge in [0.15, 0.2) is 0 Å². The van der Waals surface area contributed by atoms with Crippen LogP contribution in [-0.2, 0) is 17.8 Å². The smallest absolute Gasteiger partial charge is 0.227 e. The van der Waals surface area contributed by atoms with Crippen molar-refractivity contribution in [2.45, 2.75) is 13.0 Å². The van der Waals surface area contributed by atoms with Gasteiger partial charge in [0, 0.05) is 12.6 Å². The molecule has 5 heteroatoms. The van der Waals surface area contributed by atoms with E-state index in [1.807, 2.05) is 30.3 Å². The van der Waals surface area contributed by atoms with E-state index in [2.05, 4.69) is 11.4 Å². The zero-order valence-electron chi connectivity index (χ0n) is 13.4. The number of nitrogens with one attached hydrogen (secondary N) is 1. The number of methoxy groups -OCH3 is 1. The van der Waals surface area contributed by atoms with Gasteiger partial charge in [0.2, 0.25) is 5.91 Å². The van der Waals surface area contributed by atoms with E-state index in [1.54, 1.807) is 19.2 Å². The third kappa shape index (κ3) is 3.49. The minimum absolute atomic E-state index is 0.0270. The summed E-state index contributed by atoms with van der Waals surface area (Å²) in [5.74, 6) is 1.30. The lowest BCUT2D eigenvalue weighted by Gasteiger charge is -2.25. The Morgan fingerprint density at radius 3 is 2.83 bits per heavy atom. The molecule has 0 saturated heterocycles. The van der Waals surface area contributed by atoms with Gasteiger partial charge >= 0.3 is 0 Å². The van der Waals surface area contributed by atoms with Crippen LogP contribution in [0.25, 0.3) is 0 Å². The highest BCUT2D eigenvalue weighted by molar-refractivity contribution is 5.79. The molecule has 0 unspecified atom stereocenters. The molecule has 0 fully saturated rings. The first kappa shape index (κ1) is 15.9. The number of hydrogen-bond donors (Lipinski definition) is 1. The van der Waals surface area contributed by atoms with Gasteiger partial charge in [-0.05, 0) is 35.7 Å². The van der Waals surface area contributed by atoms with Crippen molar-refractivity contribution in [1.82, 2.24) is 5.32 Å². The Hall–Kier alpha value is -3.00. The Balaban J connectivity index is 1.58. The third-order valence-corrected chi connectivity index (χ3v) is 4.10. The molecule has 3 rings (SSSR count). The maximum absolute atomic E-state index is 12.4. The highest BCUT2D eigenvalue weighted by Gasteiger charge is 2.26. The molecule has 0 spiro atoms.